The molecule has 0 spiro atoms. The van der Waals surface area contributed by atoms with Crippen molar-refractivity contribution in [3.63, 3.8) is 0 Å². The van der Waals surface area contributed by atoms with Gasteiger partial charge in [0, 0.05) is 0 Å². The third kappa shape index (κ3) is 9.57. The molecule has 104 valence electrons. The molecule has 17 heavy (non-hydrogen) atoms. The molecule has 0 aliphatic heterocycles. The summed E-state index contributed by atoms with van der Waals surface area (Å²) in [5, 5.41) is 3.44. The Kier molecular flexibility index (Phi) is 10.9. The van der Waals surface area contributed by atoms with Gasteiger partial charge in [0.05, 0.1) is 0 Å². The molecular formula is C14H33N3. The van der Waals surface area contributed by atoms with E-state index in [4.69, 9.17) is 11.5 Å². The molecule has 0 amide bonds. The Balaban J connectivity index is 3.42. The van der Waals surface area contributed by atoms with Gasteiger partial charge in [-0.3, -0.25) is 0 Å². The van der Waals surface area contributed by atoms with Crippen LogP contribution in [0.3, 0.4) is 0 Å². The Morgan fingerprint density at radius 3 is 2.18 bits per heavy atom. The summed E-state index contributed by atoms with van der Waals surface area (Å²) >= 11 is 0. The summed E-state index contributed by atoms with van der Waals surface area (Å²) in [4.78, 5) is 0. The molecule has 2 unspecified atom stereocenters. The SMILES string of the molecule is CC(CCNCCCN)CC[C@@H](C)C(C)CN. The van der Waals surface area contributed by atoms with Crippen molar-refractivity contribution in [1.29, 1.82) is 0 Å². The number of nitrogens with one attached hydrogen (secondary N) is 1. The normalized spacial score (nSPS) is 16.8. The molecule has 3 nitrogen and oxygen atoms in total. The fourth-order valence-corrected chi connectivity index (χ4v) is 1.91. The summed E-state index contributed by atoms with van der Waals surface area (Å²) in [7, 11) is 0. The molecule has 0 aliphatic rings. The smallest absolute Gasteiger partial charge is 0.00369 e. The van der Waals surface area contributed by atoms with Crippen LogP contribution in [0.25, 0.3) is 0 Å². The molecule has 3 heteroatoms. The second-order valence-electron chi connectivity index (χ2n) is 5.55. The maximum atomic E-state index is 5.69. The highest BCUT2D eigenvalue weighted by Crippen LogP contribution is 2.20. The van der Waals surface area contributed by atoms with Gasteiger partial charge >= 0.3 is 0 Å². The topological polar surface area (TPSA) is 64.1 Å². The van der Waals surface area contributed by atoms with E-state index in [0.717, 1.165) is 44.4 Å². The average molecular weight is 243 g/mol. The van der Waals surface area contributed by atoms with Crippen molar-refractivity contribution >= 4 is 0 Å². The Hall–Kier alpha value is -0.120. The van der Waals surface area contributed by atoms with Crippen LogP contribution in [0.5, 0.6) is 0 Å². The van der Waals surface area contributed by atoms with Gasteiger partial charge in [0.25, 0.3) is 0 Å². The van der Waals surface area contributed by atoms with Crippen LogP contribution in [-0.4, -0.2) is 26.2 Å². The molecule has 0 aromatic rings. The first-order chi connectivity index (χ1) is 8.11. The van der Waals surface area contributed by atoms with E-state index in [1.807, 2.05) is 0 Å². The molecule has 0 rings (SSSR count). The van der Waals surface area contributed by atoms with Gasteiger partial charge in [0.2, 0.25) is 0 Å². The minimum atomic E-state index is 0.657. The monoisotopic (exact) mass is 243 g/mol. The summed E-state index contributed by atoms with van der Waals surface area (Å²) in [6.07, 6.45) is 4.99. The van der Waals surface area contributed by atoms with Crippen molar-refractivity contribution in [2.45, 2.75) is 46.5 Å². The number of nitrogens with two attached hydrogens (primary N) is 2. The largest absolute Gasteiger partial charge is 0.330 e. The summed E-state index contributed by atoms with van der Waals surface area (Å²) in [5.74, 6) is 2.23. The van der Waals surface area contributed by atoms with Gasteiger partial charge in [-0.1, -0.05) is 33.6 Å². The summed E-state index contributed by atoms with van der Waals surface area (Å²) in [6, 6.07) is 0. The first kappa shape index (κ1) is 16.9. The lowest BCUT2D eigenvalue weighted by atomic mass is 9.88. The van der Waals surface area contributed by atoms with Crippen molar-refractivity contribution < 1.29 is 0 Å². The highest BCUT2D eigenvalue weighted by molar-refractivity contribution is 4.65. The molecule has 0 aliphatic carbocycles. The molecule has 0 saturated carbocycles. The van der Waals surface area contributed by atoms with E-state index < -0.39 is 0 Å². The van der Waals surface area contributed by atoms with Gasteiger partial charge in [-0.15, -0.1) is 0 Å². The first-order valence-electron chi connectivity index (χ1n) is 7.22. The molecule has 5 N–H and O–H groups in total. The van der Waals surface area contributed by atoms with E-state index in [9.17, 15) is 0 Å². The maximum Gasteiger partial charge on any atom is -0.00369 e. The second-order valence-corrected chi connectivity index (χ2v) is 5.55. The molecule has 0 bridgehead atoms. The Bertz CT molecular complexity index is 162. The maximum absolute atomic E-state index is 5.69. The number of hydrogen-bond donors (Lipinski definition) is 3. The second kappa shape index (κ2) is 11.0. The first-order valence-corrected chi connectivity index (χ1v) is 7.22. The van der Waals surface area contributed by atoms with Crippen LogP contribution in [0.2, 0.25) is 0 Å². The zero-order chi connectivity index (χ0) is 13.1. The average Bonchev–Trinajstić information content (AvgIpc) is 2.34. The van der Waals surface area contributed by atoms with Crippen LogP contribution in [0.1, 0.15) is 46.5 Å². The third-order valence-corrected chi connectivity index (χ3v) is 3.83. The van der Waals surface area contributed by atoms with Crippen LogP contribution in [0, 0.1) is 17.8 Å². The van der Waals surface area contributed by atoms with Crippen LogP contribution >= 0.6 is 0 Å². The van der Waals surface area contributed by atoms with Gasteiger partial charge in [-0.2, -0.15) is 0 Å². The number of hydrogen-bond acceptors (Lipinski definition) is 3. The van der Waals surface area contributed by atoms with Crippen molar-refractivity contribution in [1.82, 2.24) is 5.32 Å². The third-order valence-electron chi connectivity index (χ3n) is 3.83. The van der Waals surface area contributed by atoms with Crippen LogP contribution in [0.15, 0.2) is 0 Å². The van der Waals surface area contributed by atoms with Crippen LogP contribution in [0.4, 0.5) is 0 Å². The molecule has 0 radical (unpaired) electrons. The Morgan fingerprint density at radius 1 is 0.882 bits per heavy atom. The van der Waals surface area contributed by atoms with E-state index in [2.05, 4.69) is 26.1 Å². The van der Waals surface area contributed by atoms with Gasteiger partial charge in [-0.25, -0.2) is 0 Å². The fraction of sp³-hybridized carbons (Fsp3) is 1.00. The van der Waals surface area contributed by atoms with Crippen molar-refractivity contribution in [2.24, 2.45) is 29.2 Å². The highest BCUT2D eigenvalue weighted by atomic mass is 14.8. The predicted molar refractivity (Wildman–Crippen MR) is 76.9 cm³/mol. The van der Waals surface area contributed by atoms with E-state index in [1.54, 1.807) is 0 Å². The minimum Gasteiger partial charge on any atom is -0.330 e. The molecule has 0 aromatic carbocycles. The highest BCUT2D eigenvalue weighted by Gasteiger charge is 2.11. The van der Waals surface area contributed by atoms with Crippen molar-refractivity contribution in [3.8, 4) is 0 Å². The molecule has 0 heterocycles. The zero-order valence-electron chi connectivity index (χ0n) is 12.0. The molecule has 3 atom stereocenters. The van der Waals surface area contributed by atoms with E-state index in [0.29, 0.717) is 5.92 Å². The minimum absolute atomic E-state index is 0.657. The summed E-state index contributed by atoms with van der Waals surface area (Å²) in [5.41, 5.74) is 11.1. The van der Waals surface area contributed by atoms with E-state index >= 15 is 0 Å². The van der Waals surface area contributed by atoms with E-state index in [1.165, 1.54) is 19.3 Å². The lowest BCUT2D eigenvalue weighted by molar-refractivity contribution is 0.329. The lowest BCUT2D eigenvalue weighted by Crippen LogP contribution is -2.22. The molecule has 0 aromatic heterocycles. The van der Waals surface area contributed by atoms with Gasteiger partial charge in [0.15, 0.2) is 0 Å². The van der Waals surface area contributed by atoms with Crippen LogP contribution < -0.4 is 16.8 Å². The van der Waals surface area contributed by atoms with Gasteiger partial charge in [-0.05, 0) is 56.8 Å². The predicted octanol–water partition coefficient (Wildman–Crippen LogP) is 1.96. The van der Waals surface area contributed by atoms with Crippen molar-refractivity contribution in [3.05, 3.63) is 0 Å². The Morgan fingerprint density at radius 2 is 1.59 bits per heavy atom. The van der Waals surface area contributed by atoms with Crippen molar-refractivity contribution in [2.75, 3.05) is 26.2 Å². The molecule has 0 saturated heterocycles. The Labute approximate surface area is 108 Å². The quantitative estimate of drug-likeness (QED) is 0.486. The standard InChI is InChI=1S/C14H33N3/c1-12(7-10-17-9-4-8-15)5-6-13(2)14(3)11-16/h12-14,17H,4-11,15-16H2,1-3H3/t12?,13-,14?/m1/s1. The lowest BCUT2D eigenvalue weighted by Gasteiger charge is -2.20. The van der Waals surface area contributed by atoms with Crippen LogP contribution in [-0.2, 0) is 0 Å². The van der Waals surface area contributed by atoms with Gasteiger partial charge in [0.1, 0.15) is 0 Å². The summed E-state index contributed by atoms with van der Waals surface area (Å²) < 4.78 is 0. The fourth-order valence-electron chi connectivity index (χ4n) is 1.91. The summed E-state index contributed by atoms with van der Waals surface area (Å²) in [6.45, 7) is 10.7. The zero-order valence-corrected chi connectivity index (χ0v) is 12.0. The van der Waals surface area contributed by atoms with Gasteiger partial charge < -0.3 is 16.8 Å². The molecular weight excluding hydrogens is 210 g/mol. The number of rotatable bonds is 11. The molecule has 0 fully saturated rings. The van der Waals surface area contributed by atoms with E-state index in [-0.39, 0.29) is 0 Å².